The van der Waals surface area contributed by atoms with Crippen molar-refractivity contribution in [2.75, 3.05) is 19.6 Å². The highest BCUT2D eigenvalue weighted by atomic mass is 19.1. The Morgan fingerprint density at radius 1 is 1.10 bits per heavy atom. The minimum atomic E-state index is -1.28. The lowest BCUT2D eigenvalue weighted by Crippen LogP contribution is -2.45. The minimum absolute atomic E-state index is 0.278. The van der Waals surface area contributed by atoms with Crippen LogP contribution in [-0.2, 0) is 16.1 Å². The number of rotatable bonds is 9. The smallest absolute Gasteiger partial charge is 0.345 e. The first-order valence-corrected chi connectivity index (χ1v) is 10.1. The van der Waals surface area contributed by atoms with Crippen molar-refractivity contribution >= 4 is 5.97 Å². The van der Waals surface area contributed by atoms with Crippen LogP contribution in [0.2, 0.25) is 0 Å². The number of phenolic OH excluding ortho intramolecular Hbond substituents is 2. The van der Waals surface area contributed by atoms with Crippen molar-refractivity contribution in [2.24, 2.45) is 0 Å². The summed E-state index contributed by atoms with van der Waals surface area (Å²) in [6.45, 7) is 1.72. The number of carbonyl (C=O) groups excluding carboxylic acids is 1. The van der Waals surface area contributed by atoms with E-state index >= 15 is 0 Å². The van der Waals surface area contributed by atoms with Crippen molar-refractivity contribution in [3.63, 3.8) is 0 Å². The SMILES string of the molecule is O=C(ON1CCCC1)[C@@H](NCCCc1ccc(F)cc1)C(O)c1ccc(O)c(O)c1. The summed E-state index contributed by atoms with van der Waals surface area (Å²) in [7, 11) is 0. The van der Waals surface area contributed by atoms with Gasteiger partial charge in [-0.3, -0.25) is 0 Å². The zero-order valence-electron chi connectivity index (χ0n) is 16.6. The first-order valence-electron chi connectivity index (χ1n) is 10.1. The predicted molar refractivity (Wildman–Crippen MR) is 108 cm³/mol. The highest BCUT2D eigenvalue weighted by molar-refractivity contribution is 5.76. The quantitative estimate of drug-likeness (QED) is 0.366. The Morgan fingerprint density at radius 3 is 2.47 bits per heavy atom. The second kappa shape index (κ2) is 10.4. The van der Waals surface area contributed by atoms with Gasteiger partial charge in [-0.15, -0.1) is 5.06 Å². The van der Waals surface area contributed by atoms with Crippen molar-refractivity contribution in [1.82, 2.24) is 10.4 Å². The van der Waals surface area contributed by atoms with E-state index in [0.29, 0.717) is 32.5 Å². The summed E-state index contributed by atoms with van der Waals surface area (Å²) in [6.07, 6.45) is 1.94. The lowest BCUT2D eigenvalue weighted by Gasteiger charge is -2.25. The van der Waals surface area contributed by atoms with Crippen LogP contribution >= 0.6 is 0 Å². The summed E-state index contributed by atoms with van der Waals surface area (Å²) in [5, 5.41) is 34.6. The van der Waals surface area contributed by atoms with Crippen LogP contribution in [-0.4, -0.2) is 52.0 Å². The van der Waals surface area contributed by atoms with Crippen LogP contribution in [0.4, 0.5) is 4.39 Å². The standard InChI is InChI=1S/C22H27FN2O5/c23-17-8-5-15(6-9-17)4-3-11-24-20(22(29)30-25-12-1-2-13-25)21(28)16-7-10-18(26)19(27)14-16/h5-10,14,20-21,24,26-28H,1-4,11-13H2/t20-,21?/m0/s1. The number of hydroxylamine groups is 2. The molecule has 162 valence electrons. The maximum atomic E-state index is 13.0. The second-order valence-electron chi connectivity index (χ2n) is 7.40. The topological polar surface area (TPSA) is 102 Å². The first kappa shape index (κ1) is 22.0. The average molecular weight is 418 g/mol. The third-order valence-electron chi connectivity index (χ3n) is 5.11. The number of nitrogens with zero attached hydrogens (tertiary/aromatic N) is 1. The first-order chi connectivity index (χ1) is 14.4. The number of phenols is 2. The fraction of sp³-hybridized carbons (Fsp3) is 0.409. The monoisotopic (exact) mass is 418 g/mol. The van der Waals surface area contributed by atoms with E-state index in [1.807, 2.05) is 0 Å². The Kier molecular flexibility index (Phi) is 7.62. The molecule has 2 atom stereocenters. The van der Waals surface area contributed by atoms with Gasteiger partial charge in [-0.05, 0) is 67.6 Å². The molecule has 0 spiro atoms. The molecule has 2 aromatic carbocycles. The van der Waals surface area contributed by atoms with E-state index in [1.54, 1.807) is 17.2 Å². The Hall–Kier alpha value is -2.68. The zero-order chi connectivity index (χ0) is 21.5. The number of hydrogen-bond acceptors (Lipinski definition) is 7. The summed E-state index contributed by atoms with van der Waals surface area (Å²) < 4.78 is 13.0. The Morgan fingerprint density at radius 2 is 1.80 bits per heavy atom. The van der Waals surface area contributed by atoms with Gasteiger partial charge in [0, 0.05) is 13.1 Å². The number of nitrogens with one attached hydrogen (secondary N) is 1. The third kappa shape index (κ3) is 5.91. The molecule has 7 nitrogen and oxygen atoms in total. The van der Waals surface area contributed by atoms with Crippen molar-refractivity contribution < 1.29 is 29.3 Å². The lowest BCUT2D eigenvalue weighted by atomic mass is 10.0. The number of benzene rings is 2. The van der Waals surface area contributed by atoms with Gasteiger partial charge in [0.1, 0.15) is 18.0 Å². The molecule has 1 unspecified atom stereocenters. The van der Waals surface area contributed by atoms with E-state index in [-0.39, 0.29) is 22.9 Å². The maximum Gasteiger partial charge on any atom is 0.345 e. The van der Waals surface area contributed by atoms with Crippen LogP contribution in [0.3, 0.4) is 0 Å². The van der Waals surface area contributed by atoms with Gasteiger partial charge in [0.25, 0.3) is 0 Å². The summed E-state index contributed by atoms with van der Waals surface area (Å²) in [4.78, 5) is 18.1. The van der Waals surface area contributed by atoms with E-state index in [9.17, 15) is 24.5 Å². The normalized spacial score (nSPS) is 16.3. The van der Waals surface area contributed by atoms with Crippen molar-refractivity contribution in [1.29, 1.82) is 0 Å². The van der Waals surface area contributed by atoms with E-state index in [1.165, 1.54) is 30.3 Å². The minimum Gasteiger partial charge on any atom is -0.504 e. The van der Waals surface area contributed by atoms with Crippen LogP contribution in [0.1, 0.15) is 36.5 Å². The number of hydrogen-bond donors (Lipinski definition) is 4. The largest absolute Gasteiger partial charge is 0.504 e. The average Bonchev–Trinajstić information content (AvgIpc) is 3.24. The molecule has 2 aromatic rings. The second-order valence-corrected chi connectivity index (χ2v) is 7.40. The molecule has 4 N–H and O–H groups in total. The van der Waals surface area contributed by atoms with Gasteiger partial charge in [-0.25, -0.2) is 9.18 Å². The van der Waals surface area contributed by atoms with Crippen LogP contribution in [0.5, 0.6) is 11.5 Å². The summed E-state index contributed by atoms with van der Waals surface area (Å²) in [6, 6.07) is 9.09. The molecule has 0 amide bonds. The van der Waals surface area contributed by atoms with E-state index in [0.717, 1.165) is 18.4 Å². The molecule has 1 fully saturated rings. The van der Waals surface area contributed by atoms with Gasteiger partial charge in [0.15, 0.2) is 11.5 Å². The van der Waals surface area contributed by atoms with Gasteiger partial charge < -0.3 is 25.5 Å². The molecule has 1 aliphatic rings. The molecule has 0 saturated carbocycles. The zero-order valence-corrected chi connectivity index (χ0v) is 16.6. The van der Waals surface area contributed by atoms with Crippen molar-refractivity contribution in [3.05, 3.63) is 59.4 Å². The molecule has 0 bridgehead atoms. The highest BCUT2D eigenvalue weighted by Gasteiger charge is 2.31. The Bertz CT molecular complexity index is 840. The maximum absolute atomic E-state index is 13.0. The number of aryl methyl sites for hydroxylation is 1. The fourth-order valence-electron chi connectivity index (χ4n) is 3.41. The van der Waals surface area contributed by atoms with Gasteiger partial charge in [0.2, 0.25) is 0 Å². The van der Waals surface area contributed by atoms with Crippen LogP contribution in [0.25, 0.3) is 0 Å². The summed E-state index contributed by atoms with van der Waals surface area (Å²) in [5.41, 5.74) is 1.25. The molecule has 0 aliphatic carbocycles. The lowest BCUT2D eigenvalue weighted by molar-refractivity contribution is -0.191. The number of aliphatic hydroxyl groups excluding tert-OH is 1. The van der Waals surface area contributed by atoms with Gasteiger partial charge >= 0.3 is 5.97 Å². The van der Waals surface area contributed by atoms with E-state index in [4.69, 9.17) is 4.84 Å². The molecule has 3 rings (SSSR count). The molecule has 30 heavy (non-hydrogen) atoms. The van der Waals surface area contributed by atoms with Crippen LogP contribution in [0.15, 0.2) is 42.5 Å². The van der Waals surface area contributed by atoms with Crippen molar-refractivity contribution in [3.8, 4) is 11.5 Å². The predicted octanol–water partition coefficient (Wildman–Crippen LogP) is 2.42. The highest BCUT2D eigenvalue weighted by Crippen LogP contribution is 2.29. The van der Waals surface area contributed by atoms with E-state index in [2.05, 4.69) is 5.32 Å². The Labute approximate surface area is 174 Å². The van der Waals surface area contributed by atoms with E-state index < -0.39 is 18.1 Å². The molecule has 8 heteroatoms. The number of aromatic hydroxyl groups is 2. The van der Waals surface area contributed by atoms with Gasteiger partial charge in [-0.2, -0.15) is 0 Å². The van der Waals surface area contributed by atoms with Gasteiger partial charge in [-0.1, -0.05) is 18.2 Å². The number of aliphatic hydroxyl groups is 1. The third-order valence-corrected chi connectivity index (χ3v) is 5.11. The van der Waals surface area contributed by atoms with Crippen LogP contribution < -0.4 is 5.32 Å². The molecular weight excluding hydrogens is 391 g/mol. The molecule has 0 aromatic heterocycles. The number of carbonyl (C=O) groups is 1. The van der Waals surface area contributed by atoms with Gasteiger partial charge in [0.05, 0.1) is 0 Å². The summed E-state index contributed by atoms with van der Waals surface area (Å²) in [5.74, 6) is -1.59. The van der Waals surface area contributed by atoms with Crippen molar-refractivity contribution in [2.45, 2.75) is 37.8 Å². The molecule has 1 aliphatic heterocycles. The molecule has 1 saturated heterocycles. The molecule has 1 heterocycles. The fourth-order valence-corrected chi connectivity index (χ4v) is 3.41. The summed E-state index contributed by atoms with van der Waals surface area (Å²) >= 11 is 0. The molecular formula is C22H27FN2O5. The Balaban J connectivity index is 1.63. The molecule has 0 radical (unpaired) electrons. The number of halogens is 1. The van der Waals surface area contributed by atoms with Crippen LogP contribution in [0, 0.1) is 5.82 Å².